The molecule has 0 saturated heterocycles. The predicted molar refractivity (Wildman–Crippen MR) is 90.8 cm³/mol. The van der Waals surface area contributed by atoms with Gasteiger partial charge in [0.2, 0.25) is 15.9 Å². The summed E-state index contributed by atoms with van der Waals surface area (Å²) in [6.45, 7) is -0.134. The number of rotatable bonds is 6. The van der Waals surface area contributed by atoms with Gasteiger partial charge in [0.1, 0.15) is 12.3 Å². The van der Waals surface area contributed by atoms with E-state index >= 15 is 0 Å². The molecule has 0 saturated carbocycles. The van der Waals surface area contributed by atoms with Crippen LogP contribution in [0.2, 0.25) is 0 Å². The van der Waals surface area contributed by atoms with E-state index in [2.05, 4.69) is 10.0 Å². The first-order valence-electron chi connectivity index (χ1n) is 6.89. The largest absolute Gasteiger partial charge is 0.494 e. The lowest BCUT2D eigenvalue weighted by Gasteiger charge is -2.12. The van der Waals surface area contributed by atoms with Crippen molar-refractivity contribution in [2.24, 2.45) is 0 Å². The Morgan fingerprint density at radius 2 is 2.00 bits per heavy atom. The normalized spacial score (nSPS) is 10.9. The molecule has 0 atom stereocenters. The SMILES string of the molecule is COc1cc(NC(=O)Cn2ccccc2=O)ccc1NS(C)(=O)=O. The maximum atomic E-state index is 12.0. The molecular formula is C15H17N3O5S. The van der Waals surface area contributed by atoms with Crippen molar-refractivity contribution in [1.29, 1.82) is 0 Å². The molecule has 0 aliphatic rings. The van der Waals surface area contributed by atoms with Crippen molar-refractivity contribution in [1.82, 2.24) is 4.57 Å². The van der Waals surface area contributed by atoms with Gasteiger partial charge in [0.05, 0.1) is 19.1 Å². The van der Waals surface area contributed by atoms with Crippen LogP contribution in [0.25, 0.3) is 0 Å². The Balaban J connectivity index is 2.14. The number of hydrogen-bond acceptors (Lipinski definition) is 5. The average Bonchev–Trinajstić information content (AvgIpc) is 2.49. The van der Waals surface area contributed by atoms with Gasteiger partial charge in [-0.05, 0) is 18.2 Å². The van der Waals surface area contributed by atoms with Crippen LogP contribution < -0.4 is 20.3 Å². The zero-order valence-electron chi connectivity index (χ0n) is 13.1. The molecule has 0 unspecified atom stereocenters. The number of nitrogens with one attached hydrogen (secondary N) is 2. The molecule has 0 radical (unpaired) electrons. The zero-order valence-corrected chi connectivity index (χ0v) is 14.0. The summed E-state index contributed by atoms with van der Waals surface area (Å²) in [4.78, 5) is 23.6. The number of carbonyl (C=O) groups is 1. The first kappa shape index (κ1) is 17.5. The average molecular weight is 351 g/mol. The summed E-state index contributed by atoms with van der Waals surface area (Å²) in [6.07, 6.45) is 2.54. The van der Waals surface area contributed by atoms with Crippen LogP contribution in [-0.4, -0.2) is 32.3 Å². The Morgan fingerprint density at radius 1 is 1.25 bits per heavy atom. The summed E-state index contributed by atoms with van der Waals surface area (Å²) >= 11 is 0. The van der Waals surface area contributed by atoms with E-state index < -0.39 is 15.9 Å². The molecule has 1 aromatic carbocycles. The number of benzene rings is 1. The molecule has 0 aliphatic carbocycles. The van der Waals surface area contributed by atoms with Crippen molar-refractivity contribution in [3.05, 3.63) is 52.9 Å². The van der Waals surface area contributed by atoms with Crippen molar-refractivity contribution in [2.75, 3.05) is 23.4 Å². The zero-order chi connectivity index (χ0) is 17.7. The van der Waals surface area contributed by atoms with Crippen LogP contribution in [0.15, 0.2) is 47.4 Å². The van der Waals surface area contributed by atoms with Gasteiger partial charge in [-0.3, -0.25) is 14.3 Å². The second kappa shape index (κ2) is 7.18. The van der Waals surface area contributed by atoms with Crippen LogP contribution >= 0.6 is 0 Å². The fraction of sp³-hybridized carbons (Fsp3) is 0.200. The van der Waals surface area contributed by atoms with Crippen molar-refractivity contribution < 1.29 is 17.9 Å². The van der Waals surface area contributed by atoms with Gasteiger partial charge in [-0.2, -0.15) is 0 Å². The third-order valence-corrected chi connectivity index (χ3v) is 3.58. The maximum Gasteiger partial charge on any atom is 0.250 e. The molecule has 0 bridgehead atoms. The minimum absolute atomic E-state index is 0.134. The number of anilines is 2. The molecule has 9 heteroatoms. The van der Waals surface area contributed by atoms with E-state index in [1.807, 2.05) is 0 Å². The summed E-state index contributed by atoms with van der Waals surface area (Å²) in [7, 11) is -2.06. The van der Waals surface area contributed by atoms with Gasteiger partial charge in [0.15, 0.2) is 0 Å². The molecule has 0 fully saturated rings. The first-order valence-corrected chi connectivity index (χ1v) is 8.79. The van der Waals surface area contributed by atoms with E-state index in [0.29, 0.717) is 5.69 Å². The standard InChI is InChI=1S/C15H17N3O5S/c1-23-13-9-11(6-7-12(13)17-24(2,21)22)16-14(19)10-18-8-4-3-5-15(18)20/h3-9,17H,10H2,1-2H3,(H,16,19). The highest BCUT2D eigenvalue weighted by Crippen LogP contribution is 2.28. The first-order chi connectivity index (χ1) is 11.3. The predicted octanol–water partition coefficient (Wildman–Crippen LogP) is 0.867. The Bertz CT molecular complexity index is 905. The molecule has 128 valence electrons. The van der Waals surface area contributed by atoms with Crippen LogP contribution in [-0.2, 0) is 21.4 Å². The third-order valence-electron chi connectivity index (χ3n) is 2.99. The molecule has 1 amide bonds. The number of methoxy groups -OCH3 is 1. The summed E-state index contributed by atoms with van der Waals surface area (Å²) in [6, 6.07) is 9.10. The van der Waals surface area contributed by atoms with Gasteiger partial charge in [-0.1, -0.05) is 6.07 Å². The van der Waals surface area contributed by atoms with E-state index in [1.54, 1.807) is 12.1 Å². The Hall–Kier alpha value is -2.81. The smallest absolute Gasteiger partial charge is 0.250 e. The van der Waals surface area contributed by atoms with Crippen molar-refractivity contribution in [3.8, 4) is 5.75 Å². The second-order valence-corrected chi connectivity index (χ2v) is 6.75. The summed E-state index contributed by atoms with van der Waals surface area (Å²) in [5, 5.41) is 2.63. The lowest BCUT2D eigenvalue weighted by Crippen LogP contribution is -2.26. The number of carbonyl (C=O) groups excluding carboxylic acids is 1. The van der Waals surface area contributed by atoms with Gasteiger partial charge in [-0.15, -0.1) is 0 Å². The number of nitrogens with zero attached hydrogens (tertiary/aromatic N) is 1. The van der Waals surface area contributed by atoms with Gasteiger partial charge in [-0.25, -0.2) is 8.42 Å². The number of aromatic nitrogens is 1. The molecule has 2 rings (SSSR count). The second-order valence-electron chi connectivity index (χ2n) is 5.00. The van der Waals surface area contributed by atoms with E-state index in [-0.39, 0.29) is 23.5 Å². The van der Waals surface area contributed by atoms with Crippen molar-refractivity contribution >= 4 is 27.3 Å². The van der Waals surface area contributed by atoms with Gasteiger partial charge >= 0.3 is 0 Å². The van der Waals surface area contributed by atoms with E-state index in [1.165, 1.54) is 42.1 Å². The Morgan fingerprint density at radius 3 is 2.62 bits per heavy atom. The van der Waals surface area contributed by atoms with Crippen LogP contribution in [0.3, 0.4) is 0 Å². The maximum absolute atomic E-state index is 12.0. The van der Waals surface area contributed by atoms with Crippen LogP contribution in [0.5, 0.6) is 5.75 Å². The molecule has 1 aromatic heterocycles. The molecule has 2 aromatic rings. The summed E-state index contributed by atoms with van der Waals surface area (Å²) < 4.78 is 31.3. The fourth-order valence-electron chi connectivity index (χ4n) is 2.00. The number of ether oxygens (including phenoxy) is 1. The quantitative estimate of drug-likeness (QED) is 0.803. The minimum Gasteiger partial charge on any atom is -0.494 e. The van der Waals surface area contributed by atoms with Crippen molar-refractivity contribution in [3.63, 3.8) is 0 Å². The highest BCUT2D eigenvalue weighted by molar-refractivity contribution is 7.92. The lowest BCUT2D eigenvalue weighted by atomic mass is 10.2. The van der Waals surface area contributed by atoms with E-state index in [0.717, 1.165) is 6.26 Å². The molecule has 1 heterocycles. The van der Waals surface area contributed by atoms with Crippen LogP contribution in [0, 0.1) is 0 Å². The molecule has 2 N–H and O–H groups in total. The monoisotopic (exact) mass is 351 g/mol. The van der Waals surface area contributed by atoms with E-state index in [4.69, 9.17) is 4.74 Å². The van der Waals surface area contributed by atoms with Gasteiger partial charge in [0.25, 0.3) is 5.56 Å². The van der Waals surface area contributed by atoms with Crippen LogP contribution in [0.1, 0.15) is 0 Å². The number of pyridine rings is 1. The third kappa shape index (κ3) is 4.85. The summed E-state index contributed by atoms with van der Waals surface area (Å²) in [5.74, 6) is -0.135. The highest BCUT2D eigenvalue weighted by Gasteiger charge is 2.11. The van der Waals surface area contributed by atoms with Crippen molar-refractivity contribution in [2.45, 2.75) is 6.54 Å². The van der Waals surface area contributed by atoms with E-state index in [9.17, 15) is 18.0 Å². The number of amides is 1. The molecule has 24 heavy (non-hydrogen) atoms. The molecular weight excluding hydrogens is 334 g/mol. The fourth-order valence-corrected chi connectivity index (χ4v) is 2.57. The lowest BCUT2D eigenvalue weighted by molar-refractivity contribution is -0.116. The molecule has 0 aliphatic heterocycles. The summed E-state index contributed by atoms with van der Waals surface area (Å²) in [5.41, 5.74) is 0.398. The highest BCUT2D eigenvalue weighted by atomic mass is 32.2. The van der Waals surface area contributed by atoms with Gasteiger partial charge in [0, 0.05) is 24.0 Å². The minimum atomic E-state index is -3.45. The Kier molecular flexibility index (Phi) is 5.24. The number of sulfonamides is 1. The number of hydrogen-bond donors (Lipinski definition) is 2. The van der Waals surface area contributed by atoms with Gasteiger partial charge < -0.3 is 14.6 Å². The molecule has 8 nitrogen and oxygen atoms in total. The Labute approximate surface area is 139 Å². The topological polar surface area (TPSA) is 106 Å². The molecule has 0 spiro atoms. The van der Waals surface area contributed by atoms with Crippen LogP contribution in [0.4, 0.5) is 11.4 Å².